The van der Waals surface area contributed by atoms with Gasteiger partial charge < -0.3 is 10.6 Å². The highest BCUT2D eigenvalue weighted by molar-refractivity contribution is 5.99. The molecule has 1 aromatic rings. The molecule has 0 saturated carbocycles. The topological polar surface area (TPSA) is 58.2 Å². The molecule has 24 heavy (non-hydrogen) atoms. The second kappa shape index (κ2) is 10.8. The van der Waals surface area contributed by atoms with E-state index in [2.05, 4.69) is 24.5 Å². The number of carbonyl (C=O) groups is 2. The molecule has 0 aromatic heterocycles. The standard InChI is InChI=1S/C20H32N2O2/c1-5-7-9-11-19(23)21-17-13-15(3)16(4)14-18(17)22-20(24)12-10-8-6-2/h13-14H,5-12H2,1-4H3,(H,21,23)(H,22,24). The molecule has 0 heterocycles. The Labute approximate surface area is 146 Å². The van der Waals surface area contributed by atoms with Gasteiger partial charge in [0.15, 0.2) is 0 Å². The molecule has 1 aromatic carbocycles. The van der Waals surface area contributed by atoms with E-state index in [1.807, 2.05) is 26.0 Å². The number of hydrogen-bond donors (Lipinski definition) is 2. The zero-order valence-corrected chi connectivity index (χ0v) is 15.6. The molecule has 0 spiro atoms. The summed E-state index contributed by atoms with van der Waals surface area (Å²) in [7, 11) is 0. The number of unbranched alkanes of at least 4 members (excludes halogenated alkanes) is 4. The lowest BCUT2D eigenvalue weighted by Crippen LogP contribution is -2.16. The Morgan fingerprint density at radius 2 is 1.12 bits per heavy atom. The van der Waals surface area contributed by atoms with Gasteiger partial charge >= 0.3 is 0 Å². The largest absolute Gasteiger partial charge is 0.324 e. The van der Waals surface area contributed by atoms with Gasteiger partial charge in [0, 0.05) is 12.8 Å². The van der Waals surface area contributed by atoms with Gasteiger partial charge in [0.05, 0.1) is 11.4 Å². The number of benzene rings is 1. The first-order valence-corrected chi connectivity index (χ1v) is 9.18. The van der Waals surface area contributed by atoms with Gasteiger partial charge in [-0.1, -0.05) is 39.5 Å². The molecule has 0 aliphatic rings. The van der Waals surface area contributed by atoms with Gasteiger partial charge in [-0.05, 0) is 49.9 Å². The first-order chi connectivity index (χ1) is 11.5. The molecular weight excluding hydrogens is 300 g/mol. The molecule has 4 nitrogen and oxygen atoms in total. The summed E-state index contributed by atoms with van der Waals surface area (Å²) in [5, 5.41) is 5.91. The van der Waals surface area contributed by atoms with Gasteiger partial charge in [0.25, 0.3) is 0 Å². The van der Waals surface area contributed by atoms with Crippen LogP contribution in [0.25, 0.3) is 0 Å². The van der Waals surface area contributed by atoms with Crippen molar-refractivity contribution in [1.82, 2.24) is 0 Å². The molecule has 2 N–H and O–H groups in total. The molecule has 0 aliphatic carbocycles. The molecule has 0 aliphatic heterocycles. The van der Waals surface area contributed by atoms with E-state index in [-0.39, 0.29) is 11.8 Å². The van der Waals surface area contributed by atoms with E-state index in [4.69, 9.17) is 0 Å². The van der Waals surface area contributed by atoms with Crippen molar-refractivity contribution in [2.45, 2.75) is 79.1 Å². The van der Waals surface area contributed by atoms with Crippen molar-refractivity contribution in [3.8, 4) is 0 Å². The maximum absolute atomic E-state index is 12.1. The third-order valence-electron chi connectivity index (χ3n) is 4.20. The van der Waals surface area contributed by atoms with E-state index in [0.717, 1.165) is 49.7 Å². The van der Waals surface area contributed by atoms with Gasteiger partial charge in [0.1, 0.15) is 0 Å². The number of hydrogen-bond acceptors (Lipinski definition) is 2. The van der Waals surface area contributed by atoms with Crippen molar-refractivity contribution in [2.24, 2.45) is 0 Å². The molecule has 2 amide bonds. The van der Waals surface area contributed by atoms with Crippen LogP contribution in [0.5, 0.6) is 0 Å². The Hall–Kier alpha value is -1.84. The van der Waals surface area contributed by atoms with Crippen LogP contribution in [0.3, 0.4) is 0 Å². The summed E-state index contributed by atoms with van der Waals surface area (Å²) in [5.41, 5.74) is 3.59. The molecular formula is C20H32N2O2. The SMILES string of the molecule is CCCCCC(=O)Nc1cc(C)c(C)cc1NC(=O)CCCCC. The summed E-state index contributed by atoms with van der Waals surface area (Å²) < 4.78 is 0. The third kappa shape index (κ3) is 7.16. The zero-order valence-electron chi connectivity index (χ0n) is 15.6. The minimum absolute atomic E-state index is 0.00758. The van der Waals surface area contributed by atoms with Gasteiger partial charge in [0.2, 0.25) is 11.8 Å². The zero-order chi connectivity index (χ0) is 17.9. The number of anilines is 2. The van der Waals surface area contributed by atoms with Gasteiger partial charge in [-0.15, -0.1) is 0 Å². The summed E-state index contributed by atoms with van der Waals surface area (Å²) in [6.07, 6.45) is 7.13. The van der Waals surface area contributed by atoms with Crippen LogP contribution in [-0.2, 0) is 9.59 Å². The second-order valence-corrected chi connectivity index (χ2v) is 6.49. The molecule has 0 atom stereocenters. The van der Waals surface area contributed by atoms with E-state index in [1.54, 1.807) is 0 Å². The summed E-state index contributed by atoms with van der Waals surface area (Å²) in [5.74, 6) is 0.0152. The van der Waals surface area contributed by atoms with E-state index in [0.29, 0.717) is 24.2 Å². The summed E-state index contributed by atoms with van der Waals surface area (Å²) in [6.45, 7) is 8.25. The molecule has 0 fully saturated rings. The normalized spacial score (nSPS) is 10.5. The summed E-state index contributed by atoms with van der Waals surface area (Å²) >= 11 is 0. The van der Waals surface area contributed by atoms with Crippen molar-refractivity contribution < 1.29 is 9.59 Å². The fourth-order valence-electron chi connectivity index (χ4n) is 2.52. The van der Waals surface area contributed by atoms with Crippen molar-refractivity contribution in [1.29, 1.82) is 0 Å². The Morgan fingerprint density at radius 1 is 0.750 bits per heavy atom. The molecule has 0 bridgehead atoms. The highest BCUT2D eigenvalue weighted by Crippen LogP contribution is 2.26. The number of carbonyl (C=O) groups excluding carboxylic acids is 2. The van der Waals surface area contributed by atoms with E-state index in [9.17, 15) is 9.59 Å². The maximum Gasteiger partial charge on any atom is 0.224 e. The van der Waals surface area contributed by atoms with Crippen LogP contribution in [0.15, 0.2) is 12.1 Å². The predicted molar refractivity (Wildman–Crippen MR) is 101 cm³/mol. The van der Waals surface area contributed by atoms with E-state index < -0.39 is 0 Å². The monoisotopic (exact) mass is 332 g/mol. The van der Waals surface area contributed by atoms with Gasteiger partial charge in [-0.3, -0.25) is 9.59 Å². The molecule has 134 valence electrons. The summed E-state index contributed by atoms with van der Waals surface area (Å²) in [6, 6.07) is 3.88. The minimum atomic E-state index is 0.00758. The fourth-order valence-corrected chi connectivity index (χ4v) is 2.52. The van der Waals surface area contributed by atoms with Crippen LogP contribution in [-0.4, -0.2) is 11.8 Å². The van der Waals surface area contributed by atoms with E-state index >= 15 is 0 Å². The molecule has 0 radical (unpaired) electrons. The van der Waals surface area contributed by atoms with Crippen LogP contribution < -0.4 is 10.6 Å². The Balaban J connectivity index is 2.77. The lowest BCUT2D eigenvalue weighted by Gasteiger charge is -2.15. The van der Waals surface area contributed by atoms with Gasteiger partial charge in [-0.25, -0.2) is 0 Å². The number of aryl methyl sites for hydroxylation is 2. The predicted octanol–water partition coefficient (Wildman–Crippen LogP) is 5.34. The Kier molecular flexibility index (Phi) is 9.13. The van der Waals surface area contributed by atoms with Crippen LogP contribution >= 0.6 is 0 Å². The average molecular weight is 332 g/mol. The van der Waals surface area contributed by atoms with Crippen molar-refractivity contribution in [3.05, 3.63) is 23.3 Å². The van der Waals surface area contributed by atoms with Crippen molar-refractivity contribution >= 4 is 23.2 Å². The molecule has 0 unspecified atom stereocenters. The fraction of sp³-hybridized carbons (Fsp3) is 0.600. The Bertz CT molecular complexity index is 504. The number of rotatable bonds is 10. The van der Waals surface area contributed by atoms with Gasteiger partial charge in [-0.2, -0.15) is 0 Å². The highest BCUT2D eigenvalue weighted by atomic mass is 16.2. The van der Waals surface area contributed by atoms with Crippen LogP contribution in [0.4, 0.5) is 11.4 Å². The van der Waals surface area contributed by atoms with E-state index in [1.165, 1.54) is 0 Å². The average Bonchev–Trinajstić information content (AvgIpc) is 2.52. The third-order valence-corrected chi connectivity index (χ3v) is 4.20. The highest BCUT2D eigenvalue weighted by Gasteiger charge is 2.11. The van der Waals surface area contributed by atoms with Crippen LogP contribution in [0, 0.1) is 13.8 Å². The molecule has 4 heteroatoms. The first kappa shape index (κ1) is 20.2. The Morgan fingerprint density at radius 3 is 1.46 bits per heavy atom. The second-order valence-electron chi connectivity index (χ2n) is 6.49. The smallest absolute Gasteiger partial charge is 0.224 e. The van der Waals surface area contributed by atoms with Crippen molar-refractivity contribution in [3.63, 3.8) is 0 Å². The quantitative estimate of drug-likeness (QED) is 0.568. The minimum Gasteiger partial charge on any atom is -0.324 e. The lowest BCUT2D eigenvalue weighted by atomic mass is 10.1. The maximum atomic E-state index is 12.1. The van der Waals surface area contributed by atoms with Crippen LogP contribution in [0.1, 0.15) is 76.3 Å². The molecule has 1 rings (SSSR count). The first-order valence-electron chi connectivity index (χ1n) is 9.18. The number of amides is 2. The molecule has 0 saturated heterocycles. The van der Waals surface area contributed by atoms with Crippen LogP contribution in [0.2, 0.25) is 0 Å². The van der Waals surface area contributed by atoms with Crippen molar-refractivity contribution in [2.75, 3.05) is 10.6 Å². The number of nitrogens with one attached hydrogen (secondary N) is 2. The lowest BCUT2D eigenvalue weighted by molar-refractivity contribution is -0.117. The summed E-state index contributed by atoms with van der Waals surface area (Å²) in [4.78, 5) is 24.2.